The van der Waals surface area contributed by atoms with Crippen molar-refractivity contribution in [3.8, 4) is 91.4 Å². The molecule has 13 aromatic rings. The van der Waals surface area contributed by atoms with Crippen LogP contribution in [0.3, 0.4) is 0 Å². The van der Waals surface area contributed by atoms with E-state index in [1.165, 1.54) is 13.5 Å². The average molecular weight is 1630 g/mol. The van der Waals surface area contributed by atoms with Crippen LogP contribution in [0.4, 0.5) is 0 Å². The van der Waals surface area contributed by atoms with Crippen LogP contribution >= 0.6 is 22.6 Å². The minimum Gasteiger partial charge on any atom is -0.489 e. The normalized spacial score (nSPS) is 14.4. The lowest BCUT2D eigenvalue weighted by Gasteiger charge is -2.24. The maximum Gasteiger partial charge on any atom is 0.270 e. The number of halogens is 1. The van der Waals surface area contributed by atoms with Gasteiger partial charge in [-0.05, 0) is 203 Å². The molecule has 6 aromatic heterocycles. The third-order valence-corrected chi connectivity index (χ3v) is 24.1. The summed E-state index contributed by atoms with van der Waals surface area (Å²) in [7, 11) is 0.327. The zero-order valence-electron chi connectivity index (χ0n) is 61.7. The number of nitrogens with zero attached hydrogens (tertiary/aromatic N) is 10. The fraction of sp³-hybridized carbons (Fsp3) is 0.241. The first-order valence-electron chi connectivity index (χ1n) is 36.5. The number of hydrogen-bond acceptors (Lipinski definition) is 18. The highest BCUT2D eigenvalue weighted by Crippen LogP contribution is 2.41. The van der Waals surface area contributed by atoms with E-state index in [1.54, 1.807) is 104 Å². The average Bonchev–Trinajstić information content (AvgIpc) is 1.60. The highest BCUT2D eigenvalue weighted by atomic mass is 127. The molecule has 3 aliphatic rings. The SMILES string of the molecule is CN(C)Cc1ccc(-c2cc3c(-c4ccc(OC5CCOCC5)c(C#N)c4)ccnc3[nH]2)cc1.CN(C)Cc1ccc(-c2cc3c(-c4ccc(OC5CCOCC5)c(C#N)c4)ccnc3n2S(=O)(=O)c2ccccc2)cc1.N#Cc1cc(-c2ccnc3c2cc(I)n3S(=O)(=O)c2ccccc2)ccc1OC1CCOCC1. The summed E-state index contributed by atoms with van der Waals surface area (Å²) >= 11 is 2.01. The molecule has 9 heterocycles. The molecule has 3 aliphatic heterocycles. The minimum atomic E-state index is -4.00. The van der Waals surface area contributed by atoms with E-state index < -0.39 is 20.0 Å². The molecule has 0 aliphatic carbocycles. The Morgan fingerprint density at radius 2 is 0.811 bits per heavy atom. The second-order valence-corrected chi connectivity index (χ2v) is 32.5. The van der Waals surface area contributed by atoms with Gasteiger partial charge in [0.2, 0.25) is 0 Å². The van der Waals surface area contributed by atoms with Gasteiger partial charge in [-0.2, -0.15) is 15.8 Å². The van der Waals surface area contributed by atoms with Crippen LogP contribution in [0.15, 0.2) is 229 Å². The van der Waals surface area contributed by atoms with E-state index in [-0.39, 0.29) is 28.1 Å². The second kappa shape index (κ2) is 34.4. The first-order valence-corrected chi connectivity index (χ1v) is 40.5. The zero-order chi connectivity index (χ0) is 77.2. The number of rotatable bonds is 19. The Morgan fingerprint density at radius 3 is 1.23 bits per heavy atom. The van der Waals surface area contributed by atoms with Gasteiger partial charge in [-0.15, -0.1) is 0 Å². The number of nitriles is 3. The Labute approximate surface area is 659 Å². The van der Waals surface area contributed by atoms with Crippen LogP contribution in [0.5, 0.6) is 17.2 Å². The van der Waals surface area contributed by atoms with E-state index in [1.807, 2.05) is 122 Å². The lowest BCUT2D eigenvalue weighted by atomic mass is 10.0. The van der Waals surface area contributed by atoms with Crippen LogP contribution < -0.4 is 14.2 Å². The number of H-pyrrole nitrogens is 1. The van der Waals surface area contributed by atoms with Crippen molar-refractivity contribution in [3.63, 3.8) is 0 Å². The first kappa shape index (κ1) is 76.7. The standard InChI is InChI=1S/C34H32N4O4S.C28H28N4O2.C25H20IN3O4S/c1-37(2)23-24-8-10-25(11-9-24)32-21-31-30(14-17-36-34(31)38(32)43(39,40)29-6-4-3-5-7-29)26-12-13-33(27(20-26)22-35)42-28-15-18-41-19-16-28;1-32(2)18-19-3-5-20(6-4-19)26-16-25-24(9-12-30-28(25)31-26)21-7-8-27(22(15-21)17-29)34-23-10-13-33-14-11-23;26-24-15-22-21(8-11-28-25(22)29(24)34(30,31)20-4-2-1-3-5-20)17-6-7-23(18(14-17)16-27)33-19-9-12-32-13-10-19/h3-14,17,20-21,28H,15-16,18-19,23H2,1-2H3;3-9,12,15-16,23H,10-11,13-14,18H2,1-2H3,(H,30,31);1-8,11,14-15,19H,9-10,12-13H2. The molecular weight excluding hydrogens is 1550 g/mol. The molecule has 7 aromatic carbocycles. The minimum absolute atomic E-state index is 0.00299. The maximum atomic E-state index is 14.1. The van der Waals surface area contributed by atoms with Crippen LogP contribution in [0.2, 0.25) is 0 Å². The van der Waals surface area contributed by atoms with Crippen molar-refractivity contribution < 1.29 is 45.3 Å². The van der Waals surface area contributed by atoms with Crippen LogP contribution in [0, 0.1) is 37.7 Å². The van der Waals surface area contributed by atoms with Gasteiger partial charge in [0.05, 0.1) is 75.5 Å². The lowest BCUT2D eigenvalue weighted by molar-refractivity contribution is 0.0252. The number of aromatic amines is 1. The fourth-order valence-corrected chi connectivity index (χ4v) is 18.2. The first-order chi connectivity index (χ1) is 53.9. The quantitative estimate of drug-likeness (QED) is 0.0737. The van der Waals surface area contributed by atoms with Crippen molar-refractivity contribution in [1.82, 2.24) is 37.7 Å². The molecule has 1 N–H and O–H groups in total. The summed E-state index contributed by atoms with van der Waals surface area (Å²) < 4.78 is 92.7. The Hall–Kier alpha value is -11.1. The van der Waals surface area contributed by atoms with Gasteiger partial charge in [-0.1, -0.05) is 103 Å². The molecule has 21 nitrogen and oxygen atoms in total. The molecule has 0 amide bonds. The van der Waals surface area contributed by atoms with Crippen molar-refractivity contribution in [2.45, 2.75) is 79.7 Å². The molecule has 0 bridgehead atoms. The number of pyridine rings is 3. The smallest absolute Gasteiger partial charge is 0.270 e. The molecule has 0 saturated carbocycles. The van der Waals surface area contributed by atoms with Gasteiger partial charge >= 0.3 is 0 Å². The summed E-state index contributed by atoms with van der Waals surface area (Å²) in [6, 6.07) is 68.3. The molecule has 3 fully saturated rings. The van der Waals surface area contributed by atoms with Crippen LogP contribution in [0.1, 0.15) is 66.3 Å². The molecular formula is C87H80IN11O10S2. The number of ether oxygens (including phenoxy) is 6. The van der Waals surface area contributed by atoms with Crippen molar-refractivity contribution in [2.24, 2.45) is 0 Å². The topological polar surface area (TPSA) is 266 Å². The largest absolute Gasteiger partial charge is 0.489 e. The van der Waals surface area contributed by atoms with Crippen molar-refractivity contribution in [1.29, 1.82) is 15.8 Å². The van der Waals surface area contributed by atoms with Gasteiger partial charge < -0.3 is 43.2 Å². The molecule has 3 saturated heterocycles. The highest BCUT2D eigenvalue weighted by Gasteiger charge is 2.29. The Balaban J connectivity index is 0.000000140. The number of hydrogen-bond donors (Lipinski definition) is 1. The van der Waals surface area contributed by atoms with E-state index in [2.05, 4.69) is 92.4 Å². The van der Waals surface area contributed by atoms with Crippen LogP contribution in [-0.2, 0) is 47.3 Å². The summed E-state index contributed by atoms with van der Waals surface area (Å²) in [4.78, 5) is 21.6. The summed E-state index contributed by atoms with van der Waals surface area (Å²) in [5.74, 6) is 1.71. The number of benzene rings is 7. The lowest BCUT2D eigenvalue weighted by Crippen LogP contribution is -2.26. The number of nitrogens with one attached hydrogen (secondary N) is 1. The predicted octanol–water partition coefficient (Wildman–Crippen LogP) is 16.5. The van der Waals surface area contributed by atoms with E-state index in [4.69, 9.17) is 28.4 Å². The van der Waals surface area contributed by atoms with Gasteiger partial charge in [-0.3, -0.25) is 0 Å². The summed E-state index contributed by atoms with van der Waals surface area (Å²) in [6.45, 7) is 5.68. The Bertz CT molecular complexity index is 5880. The summed E-state index contributed by atoms with van der Waals surface area (Å²) in [5.41, 5.74) is 13.8. The fourth-order valence-electron chi connectivity index (χ4n) is 14.0. The second-order valence-electron chi connectivity index (χ2n) is 27.8. The van der Waals surface area contributed by atoms with Gasteiger partial charge in [0.25, 0.3) is 20.0 Å². The van der Waals surface area contributed by atoms with E-state index in [0.29, 0.717) is 105 Å². The van der Waals surface area contributed by atoms with Crippen molar-refractivity contribution in [3.05, 3.63) is 250 Å². The summed E-state index contributed by atoms with van der Waals surface area (Å²) in [5, 5.41) is 31.9. The van der Waals surface area contributed by atoms with Gasteiger partial charge in [0.15, 0.2) is 11.3 Å². The van der Waals surface area contributed by atoms with E-state index >= 15 is 0 Å². The van der Waals surface area contributed by atoms with Crippen LogP contribution in [-0.4, -0.2) is 141 Å². The molecule has 0 radical (unpaired) electrons. The molecule has 16 rings (SSSR count). The van der Waals surface area contributed by atoms with Gasteiger partial charge in [0.1, 0.15) is 59.4 Å². The molecule has 0 spiro atoms. The van der Waals surface area contributed by atoms with Gasteiger partial charge in [0, 0.05) is 92.1 Å². The molecule has 562 valence electrons. The van der Waals surface area contributed by atoms with Crippen molar-refractivity contribution in [2.75, 3.05) is 67.8 Å². The predicted molar refractivity (Wildman–Crippen MR) is 436 cm³/mol. The maximum absolute atomic E-state index is 14.1. The third-order valence-electron chi connectivity index (χ3n) is 19.5. The van der Waals surface area contributed by atoms with Crippen LogP contribution in [0.25, 0.3) is 89.0 Å². The Kier molecular flexibility index (Phi) is 23.8. The van der Waals surface area contributed by atoms with E-state index in [0.717, 1.165) is 118 Å². The zero-order valence-corrected chi connectivity index (χ0v) is 65.5. The van der Waals surface area contributed by atoms with E-state index in [9.17, 15) is 32.6 Å². The monoisotopic (exact) mass is 1630 g/mol. The molecule has 24 heteroatoms. The summed E-state index contributed by atoms with van der Waals surface area (Å²) in [6.07, 6.45) is 9.95. The number of aromatic nitrogens is 6. The van der Waals surface area contributed by atoms with Gasteiger partial charge in [-0.25, -0.2) is 39.7 Å². The molecule has 0 atom stereocenters. The number of fused-ring (bicyclic) bond motifs is 3. The Morgan fingerprint density at radius 1 is 0.441 bits per heavy atom. The van der Waals surface area contributed by atoms with Crippen molar-refractivity contribution >= 4 is 75.7 Å². The third kappa shape index (κ3) is 17.3. The molecule has 111 heavy (non-hydrogen) atoms. The molecule has 0 unspecified atom stereocenters. The highest BCUT2D eigenvalue weighted by molar-refractivity contribution is 14.1.